The minimum absolute atomic E-state index is 0.00264. The van der Waals surface area contributed by atoms with Gasteiger partial charge in [0.15, 0.2) is 5.82 Å². The molecular weight excluding hydrogens is 564 g/mol. The fraction of sp³-hybridized carbons (Fsp3) is 0.458. The first-order chi connectivity index (χ1) is 17.5. The summed E-state index contributed by atoms with van der Waals surface area (Å²) in [5, 5.41) is 2.69. The molecule has 0 saturated carbocycles. The second kappa shape index (κ2) is 10.8. The van der Waals surface area contributed by atoms with E-state index in [1.54, 1.807) is 6.92 Å². The van der Waals surface area contributed by atoms with Gasteiger partial charge in [-0.05, 0) is 31.5 Å². The monoisotopic (exact) mass is 588 g/mol. The fourth-order valence-corrected chi connectivity index (χ4v) is 4.99. The molecule has 2 aromatic rings. The van der Waals surface area contributed by atoms with Crippen molar-refractivity contribution in [3.8, 4) is 5.88 Å². The summed E-state index contributed by atoms with van der Waals surface area (Å²) < 4.78 is 67.3. The average molecular weight is 589 g/mol. The van der Waals surface area contributed by atoms with Crippen LogP contribution in [0.15, 0.2) is 22.7 Å². The number of aryl methyl sites for hydroxylation is 1. The third-order valence-corrected chi connectivity index (χ3v) is 6.70. The van der Waals surface area contributed by atoms with E-state index in [0.29, 0.717) is 25.3 Å². The molecule has 1 atom stereocenters. The molecule has 2 aliphatic rings. The van der Waals surface area contributed by atoms with Crippen LogP contribution in [0.1, 0.15) is 38.4 Å². The van der Waals surface area contributed by atoms with E-state index in [-0.39, 0.29) is 53.3 Å². The van der Waals surface area contributed by atoms with Crippen LogP contribution in [-0.2, 0) is 10.9 Å². The van der Waals surface area contributed by atoms with E-state index in [0.717, 1.165) is 6.07 Å². The Morgan fingerprint density at radius 3 is 2.51 bits per heavy atom. The van der Waals surface area contributed by atoms with Crippen molar-refractivity contribution >= 4 is 33.4 Å². The third kappa shape index (κ3) is 5.82. The van der Waals surface area contributed by atoms with Gasteiger partial charge in [0.2, 0.25) is 0 Å². The van der Waals surface area contributed by atoms with E-state index in [9.17, 15) is 27.2 Å². The molecule has 3 heterocycles. The average Bonchev–Trinajstić information content (AvgIpc) is 3.32. The number of halogens is 5. The highest BCUT2D eigenvalue weighted by molar-refractivity contribution is 9.10. The number of nitrogens with one attached hydrogen (secondary N) is 1. The number of pyridine rings is 1. The van der Waals surface area contributed by atoms with E-state index in [2.05, 4.69) is 26.2 Å². The van der Waals surface area contributed by atoms with Crippen LogP contribution in [-0.4, -0.2) is 74.2 Å². The van der Waals surface area contributed by atoms with Crippen molar-refractivity contribution in [3.05, 3.63) is 50.9 Å². The highest BCUT2D eigenvalue weighted by Crippen LogP contribution is 2.42. The van der Waals surface area contributed by atoms with Crippen LogP contribution in [0, 0.1) is 12.7 Å². The van der Waals surface area contributed by atoms with Crippen LogP contribution < -0.4 is 15.0 Å². The van der Waals surface area contributed by atoms with Gasteiger partial charge in [0, 0.05) is 42.4 Å². The molecule has 2 aliphatic heterocycles. The summed E-state index contributed by atoms with van der Waals surface area (Å²) in [6, 6.07) is 3.02. The fourth-order valence-electron chi connectivity index (χ4n) is 4.53. The Kier molecular flexibility index (Phi) is 7.93. The van der Waals surface area contributed by atoms with Crippen molar-refractivity contribution in [2.24, 2.45) is 0 Å². The van der Waals surface area contributed by atoms with Gasteiger partial charge in [0.25, 0.3) is 17.7 Å². The van der Waals surface area contributed by atoms with Crippen molar-refractivity contribution in [1.82, 2.24) is 15.2 Å². The second-order valence-corrected chi connectivity index (χ2v) is 9.71. The van der Waals surface area contributed by atoms with Gasteiger partial charge in [-0.3, -0.25) is 9.59 Å². The lowest BCUT2D eigenvalue weighted by atomic mass is 10.0. The van der Waals surface area contributed by atoms with Gasteiger partial charge in [-0.2, -0.15) is 13.2 Å². The first-order valence-corrected chi connectivity index (χ1v) is 12.3. The van der Waals surface area contributed by atoms with Crippen LogP contribution in [0.4, 0.5) is 23.2 Å². The standard InChI is InChI=1S/C24H25BrF4N4O4/c1-13-9-16(19(26)22(30-13)36-2)21(34)31-15-3-4-33(12-15)20-17(23(35)32-5-7-37-8-6-32)10-14(25)11-18(20)24(27,28)29/h9-11,15H,3-8,12H2,1-2H3,(H,31,34)/t15-/m1/s1. The lowest BCUT2D eigenvalue weighted by molar-refractivity contribution is -0.137. The van der Waals surface area contributed by atoms with Crippen molar-refractivity contribution in [2.45, 2.75) is 25.6 Å². The summed E-state index contributed by atoms with van der Waals surface area (Å²) in [6.45, 7) is 2.87. The number of nitrogens with zero attached hydrogens (tertiary/aromatic N) is 3. The zero-order chi connectivity index (χ0) is 26.9. The largest absolute Gasteiger partial charge is 0.479 e. The zero-order valence-electron chi connectivity index (χ0n) is 20.1. The van der Waals surface area contributed by atoms with Crippen molar-refractivity contribution in [2.75, 3.05) is 51.4 Å². The van der Waals surface area contributed by atoms with E-state index < -0.39 is 35.4 Å². The van der Waals surface area contributed by atoms with E-state index in [1.807, 2.05) is 0 Å². The normalized spacial score (nSPS) is 18.2. The zero-order valence-corrected chi connectivity index (χ0v) is 21.7. The van der Waals surface area contributed by atoms with Crippen LogP contribution in [0.5, 0.6) is 5.88 Å². The smallest absolute Gasteiger partial charge is 0.418 e. The molecule has 37 heavy (non-hydrogen) atoms. The van der Waals surface area contributed by atoms with Crippen molar-refractivity contribution in [3.63, 3.8) is 0 Å². The number of alkyl halides is 3. The first-order valence-electron chi connectivity index (χ1n) is 11.5. The second-order valence-electron chi connectivity index (χ2n) is 8.79. The van der Waals surface area contributed by atoms with Gasteiger partial charge in [-0.1, -0.05) is 15.9 Å². The molecule has 8 nitrogen and oxygen atoms in total. The van der Waals surface area contributed by atoms with Gasteiger partial charge in [-0.25, -0.2) is 9.37 Å². The molecule has 1 aromatic carbocycles. The van der Waals surface area contributed by atoms with Gasteiger partial charge in [0.05, 0.1) is 42.7 Å². The summed E-state index contributed by atoms with van der Waals surface area (Å²) in [4.78, 5) is 32.9. The van der Waals surface area contributed by atoms with E-state index >= 15 is 0 Å². The maximum atomic E-state index is 14.6. The van der Waals surface area contributed by atoms with Crippen LogP contribution in [0.3, 0.4) is 0 Å². The predicted octanol–water partition coefficient (Wildman–Crippen LogP) is 3.80. The SMILES string of the molecule is COc1nc(C)cc(C(=O)N[C@@H]2CCN(c3c(C(=O)N4CCOCC4)cc(Br)cc3C(F)(F)F)C2)c1F. The molecular formula is C24H25BrF4N4O4. The Balaban J connectivity index is 1.62. The molecule has 0 aliphatic carbocycles. The predicted molar refractivity (Wildman–Crippen MR) is 129 cm³/mol. The van der Waals surface area contributed by atoms with Crippen molar-refractivity contribution < 1.29 is 36.6 Å². The minimum Gasteiger partial charge on any atom is -0.479 e. The number of methoxy groups -OCH3 is 1. The van der Waals surface area contributed by atoms with Crippen LogP contribution in [0.25, 0.3) is 0 Å². The topological polar surface area (TPSA) is 84.0 Å². The number of rotatable bonds is 5. The molecule has 0 radical (unpaired) electrons. The molecule has 2 amide bonds. The Morgan fingerprint density at radius 1 is 1.16 bits per heavy atom. The number of amides is 2. The van der Waals surface area contributed by atoms with Crippen molar-refractivity contribution in [1.29, 1.82) is 0 Å². The maximum absolute atomic E-state index is 14.6. The summed E-state index contributed by atoms with van der Waals surface area (Å²) in [5.74, 6) is -2.51. The molecule has 1 N–H and O–H groups in total. The number of benzene rings is 1. The summed E-state index contributed by atoms with van der Waals surface area (Å²) >= 11 is 3.11. The van der Waals surface area contributed by atoms with E-state index in [4.69, 9.17) is 9.47 Å². The van der Waals surface area contributed by atoms with Gasteiger partial charge < -0.3 is 24.6 Å². The van der Waals surface area contributed by atoms with E-state index in [1.165, 1.54) is 29.0 Å². The number of hydrogen-bond acceptors (Lipinski definition) is 6. The highest BCUT2D eigenvalue weighted by atomic mass is 79.9. The highest BCUT2D eigenvalue weighted by Gasteiger charge is 2.40. The summed E-state index contributed by atoms with van der Waals surface area (Å²) in [7, 11) is 1.23. The molecule has 13 heteroatoms. The van der Waals surface area contributed by atoms with Gasteiger partial charge in [-0.15, -0.1) is 0 Å². The minimum atomic E-state index is -4.73. The number of carbonyl (C=O) groups is 2. The Hall–Kier alpha value is -2.93. The number of aromatic nitrogens is 1. The number of carbonyl (C=O) groups excluding carboxylic acids is 2. The number of ether oxygens (including phenoxy) is 2. The molecule has 4 rings (SSSR count). The third-order valence-electron chi connectivity index (χ3n) is 6.24. The first kappa shape index (κ1) is 27.1. The quantitative estimate of drug-likeness (QED) is 0.535. The maximum Gasteiger partial charge on any atom is 0.418 e. The lowest BCUT2D eigenvalue weighted by Crippen LogP contribution is -2.42. The van der Waals surface area contributed by atoms with Crippen LogP contribution in [0.2, 0.25) is 0 Å². The lowest BCUT2D eigenvalue weighted by Gasteiger charge is -2.31. The molecule has 200 valence electrons. The molecule has 2 fully saturated rings. The Bertz CT molecular complexity index is 1200. The molecule has 0 unspecified atom stereocenters. The van der Waals surface area contributed by atoms with Crippen LogP contribution >= 0.6 is 15.9 Å². The summed E-state index contributed by atoms with van der Waals surface area (Å²) in [5.41, 5.74) is -1.18. The molecule has 0 bridgehead atoms. The summed E-state index contributed by atoms with van der Waals surface area (Å²) in [6.07, 6.45) is -4.43. The Labute approximate surface area is 219 Å². The number of morpholine rings is 1. The number of hydrogen-bond donors (Lipinski definition) is 1. The molecule has 1 aromatic heterocycles. The van der Waals surface area contributed by atoms with Gasteiger partial charge >= 0.3 is 6.18 Å². The van der Waals surface area contributed by atoms with Gasteiger partial charge in [0.1, 0.15) is 0 Å². The number of anilines is 1. The molecule has 0 spiro atoms. The molecule has 2 saturated heterocycles. The Morgan fingerprint density at radius 2 is 1.86 bits per heavy atom.